The van der Waals surface area contributed by atoms with Gasteiger partial charge < -0.3 is 0 Å². The van der Waals surface area contributed by atoms with E-state index in [0.29, 0.717) is 5.46 Å². The number of fused-ring (bicyclic) bond motifs is 1. The minimum Gasteiger partial charge on any atom is -0.241 e. The highest BCUT2D eigenvalue weighted by Crippen LogP contribution is 2.06. The van der Waals surface area contributed by atoms with Gasteiger partial charge in [0.2, 0.25) is 0 Å². The van der Waals surface area contributed by atoms with Crippen molar-refractivity contribution in [2.75, 3.05) is 0 Å². The molecule has 0 atom stereocenters. The van der Waals surface area contributed by atoms with Crippen LogP contribution in [-0.2, 0) is 0 Å². The first-order valence-electron chi connectivity index (χ1n) is 3.75. The van der Waals surface area contributed by atoms with Crippen molar-refractivity contribution in [3.63, 3.8) is 0 Å². The summed E-state index contributed by atoms with van der Waals surface area (Å²) in [5, 5.41) is 0.987. The Morgan fingerprint density at radius 1 is 1.33 bits per heavy atom. The lowest BCUT2D eigenvalue weighted by Gasteiger charge is -2.00. The van der Waals surface area contributed by atoms with Gasteiger partial charge in [-0.25, -0.2) is 9.97 Å². The quantitative estimate of drug-likeness (QED) is 0.522. The maximum Gasteiger partial charge on any atom is 0.125 e. The molecule has 0 aliphatic carbocycles. The summed E-state index contributed by atoms with van der Waals surface area (Å²) in [6.07, 6.45) is 1.79. The van der Waals surface area contributed by atoms with E-state index in [-0.39, 0.29) is 0 Å². The summed E-state index contributed by atoms with van der Waals surface area (Å²) in [7, 11) is 5.73. The highest BCUT2D eigenvalue weighted by molar-refractivity contribution is 6.38. The SMILES string of the molecule is [B]c1cccc2cnc(C)nc12. The first kappa shape index (κ1) is 7.28. The molecule has 1 aromatic heterocycles. The first-order valence-corrected chi connectivity index (χ1v) is 3.75. The average Bonchev–Trinajstić information content (AvgIpc) is 2.07. The monoisotopic (exact) mass is 154 g/mol. The van der Waals surface area contributed by atoms with Gasteiger partial charge in [0.25, 0.3) is 0 Å². The smallest absolute Gasteiger partial charge is 0.125 e. The van der Waals surface area contributed by atoms with E-state index in [1.54, 1.807) is 6.20 Å². The Labute approximate surface area is 72.1 Å². The molecule has 0 spiro atoms. The number of aromatic nitrogens is 2. The second-order valence-corrected chi connectivity index (χ2v) is 2.70. The molecule has 2 aromatic rings. The average molecular weight is 154 g/mol. The molecule has 2 rings (SSSR count). The molecule has 3 heteroatoms. The zero-order valence-corrected chi connectivity index (χ0v) is 6.78. The van der Waals surface area contributed by atoms with Crippen LogP contribution in [0.4, 0.5) is 0 Å². The molecule has 2 nitrogen and oxygen atoms in total. The predicted octanol–water partition coefficient (Wildman–Crippen LogP) is 0.732. The molecule has 1 heterocycles. The summed E-state index contributed by atoms with van der Waals surface area (Å²) in [5.41, 5.74) is 1.54. The number of rotatable bonds is 0. The zero-order chi connectivity index (χ0) is 8.55. The van der Waals surface area contributed by atoms with Crippen molar-refractivity contribution in [1.29, 1.82) is 0 Å². The van der Waals surface area contributed by atoms with E-state index < -0.39 is 0 Å². The van der Waals surface area contributed by atoms with E-state index in [1.165, 1.54) is 0 Å². The predicted molar refractivity (Wildman–Crippen MR) is 49.7 cm³/mol. The summed E-state index contributed by atoms with van der Waals surface area (Å²) < 4.78 is 0. The second kappa shape index (κ2) is 2.59. The van der Waals surface area contributed by atoms with Crippen LogP contribution in [0.3, 0.4) is 0 Å². The van der Waals surface area contributed by atoms with Crippen LogP contribution in [-0.4, -0.2) is 17.8 Å². The molecule has 0 N–H and O–H groups in total. The molecule has 0 saturated carbocycles. The Morgan fingerprint density at radius 3 is 3.00 bits per heavy atom. The van der Waals surface area contributed by atoms with Gasteiger partial charge in [0.1, 0.15) is 13.7 Å². The molecule has 0 aliphatic rings. The number of para-hydroxylation sites is 1. The normalized spacial score (nSPS) is 10.4. The standard InChI is InChI=1S/C9H7BN2/c1-6-11-5-7-3-2-4-8(10)9(7)12-6/h2-5H,1H3. The van der Waals surface area contributed by atoms with Crippen LogP contribution in [0.25, 0.3) is 10.9 Å². The van der Waals surface area contributed by atoms with Crippen molar-refractivity contribution in [1.82, 2.24) is 9.97 Å². The van der Waals surface area contributed by atoms with Crippen molar-refractivity contribution < 1.29 is 0 Å². The van der Waals surface area contributed by atoms with Crippen molar-refractivity contribution in [2.24, 2.45) is 0 Å². The molecule has 0 unspecified atom stereocenters. The maximum absolute atomic E-state index is 5.73. The Balaban J connectivity index is 2.88. The van der Waals surface area contributed by atoms with Crippen molar-refractivity contribution in [2.45, 2.75) is 6.92 Å². The Bertz CT molecular complexity index is 426. The van der Waals surface area contributed by atoms with Gasteiger partial charge in [-0.05, 0) is 6.92 Å². The number of hydrogen-bond acceptors (Lipinski definition) is 2. The van der Waals surface area contributed by atoms with E-state index >= 15 is 0 Å². The van der Waals surface area contributed by atoms with Crippen molar-refractivity contribution in [3.05, 3.63) is 30.2 Å². The van der Waals surface area contributed by atoms with Gasteiger partial charge >= 0.3 is 0 Å². The van der Waals surface area contributed by atoms with Crippen molar-refractivity contribution in [3.8, 4) is 0 Å². The van der Waals surface area contributed by atoms with Gasteiger partial charge in [-0.3, -0.25) is 0 Å². The fourth-order valence-electron chi connectivity index (χ4n) is 1.17. The lowest BCUT2D eigenvalue weighted by Crippen LogP contribution is -2.05. The summed E-state index contributed by atoms with van der Waals surface area (Å²) in [6.45, 7) is 1.85. The van der Waals surface area contributed by atoms with Gasteiger partial charge in [0.15, 0.2) is 0 Å². The third-order valence-electron chi connectivity index (χ3n) is 1.76. The number of benzene rings is 1. The van der Waals surface area contributed by atoms with Gasteiger partial charge in [0.05, 0.1) is 5.52 Å². The first-order chi connectivity index (χ1) is 5.77. The van der Waals surface area contributed by atoms with Gasteiger partial charge in [-0.15, -0.1) is 0 Å². The van der Waals surface area contributed by atoms with Crippen molar-refractivity contribution >= 4 is 24.2 Å². The highest BCUT2D eigenvalue weighted by atomic mass is 14.9. The topological polar surface area (TPSA) is 25.8 Å². The zero-order valence-electron chi connectivity index (χ0n) is 6.78. The van der Waals surface area contributed by atoms with Gasteiger partial charge in [-0.2, -0.15) is 0 Å². The van der Waals surface area contributed by atoms with Gasteiger partial charge in [0, 0.05) is 11.6 Å². The Kier molecular flexibility index (Phi) is 1.57. The molecule has 12 heavy (non-hydrogen) atoms. The molecule has 0 aliphatic heterocycles. The number of nitrogens with zero attached hydrogens (tertiary/aromatic N) is 2. The fourth-order valence-corrected chi connectivity index (χ4v) is 1.17. The maximum atomic E-state index is 5.73. The summed E-state index contributed by atoms with van der Waals surface area (Å²) >= 11 is 0. The minimum atomic E-state index is 0.706. The largest absolute Gasteiger partial charge is 0.241 e. The van der Waals surface area contributed by atoms with E-state index in [0.717, 1.165) is 16.7 Å². The molecule has 1 aromatic carbocycles. The highest BCUT2D eigenvalue weighted by Gasteiger charge is 1.97. The molecular weight excluding hydrogens is 147 g/mol. The van der Waals surface area contributed by atoms with Crippen LogP contribution in [0.5, 0.6) is 0 Å². The fraction of sp³-hybridized carbons (Fsp3) is 0.111. The van der Waals surface area contributed by atoms with E-state index in [9.17, 15) is 0 Å². The summed E-state index contributed by atoms with van der Waals surface area (Å²) in [6, 6.07) is 5.69. The number of aryl methyl sites for hydroxylation is 1. The molecular formula is C9H7BN2. The lowest BCUT2D eigenvalue weighted by atomic mass is 9.94. The summed E-state index contributed by atoms with van der Waals surface area (Å²) in [5.74, 6) is 0.750. The van der Waals surface area contributed by atoms with Crippen LogP contribution >= 0.6 is 0 Å². The third kappa shape index (κ3) is 1.07. The molecule has 0 bridgehead atoms. The van der Waals surface area contributed by atoms with Crippen LogP contribution in [0, 0.1) is 6.92 Å². The molecule has 0 saturated heterocycles. The molecule has 2 radical (unpaired) electrons. The Morgan fingerprint density at radius 2 is 2.17 bits per heavy atom. The van der Waals surface area contributed by atoms with E-state index in [2.05, 4.69) is 9.97 Å². The van der Waals surface area contributed by atoms with E-state index in [4.69, 9.17) is 7.85 Å². The van der Waals surface area contributed by atoms with Gasteiger partial charge in [-0.1, -0.05) is 23.7 Å². The second-order valence-electron chi connectivity index (χ2n) is 2.70. The van der Waals surface area contributed by atoms with Crippen LogP contribution in [0.2, 0.25) is 0 Å². The molecule has 0 amide bonds. The van der Waals surface area contributed by atoms with E-state index in [1.807, 2.05) is 25.1 Å². The number of hydrogen-bond donors (Lipinski definition) is 0. The van der Waals surface area contributed by atoms with Crippen LogP contribution < -0.4 is 5.46 Å². The summed E-state index contributed by atoms with van der Waals surface area (Å²) in [4.78, 5) is 8.32. The Hall–Kier alpha value is -1.38. The lowest BCUT2D eigenvalue weighted by molar-refractivity contribution is 1.09. The van der Waals surface area contributed by atoms with Crippen LogP contribution in [0.15, 0.2) is 24.4 Å². The molecule has 56 valence electrons. The minimum absolute atomic E-state index is 0.706. The van der Waals surface area contributed by atoms with Crippen LogP contribution in [0.1, 0.15) is 5.82 Å². The third-order valence-corrected chi connectivity index (χ3v) is 1.76. The molecule has 0 fully saturated rings.